The number of ether oxygens (including phenoxy) is 1. The van der Waals surface area contributed by atoms with E-state index in [0.717, 1.165) is 11.6 Å². The van der Waals surface area contributed by atoms with Crippen molar-refractivity contribution in [2.24, 2.45) is 12.8 Å². The highest BCUT2D eigenvalue weighted by atomic mass is 16.5. The van der Waals surface area contributed by atoms with Crippen molar-refractivity contribution in [3.05, 3.63) is 11.6 Å². The number of hydrogen-bond donors (Lipinski definition) is 1. The predicted molar refractivity (Wildman–Crippen MR) is 53.9 cm³/mol. The maximum absolute atomic E-state index is 5.87. The van der Waals surface area contributed by atoms with E-state index in [4.69, 9.17) is 10.5 Å². The summed E-state index contributed by atoms with van der Waals surface area (Å²) in [6, 6.07) is -0.204. The standard InChI is InChI=1S/C9H18N4O/c1-6(2)8-11-9(13(3)12-8)7(10)5-14-4/h6-7H,5,10H2,1-4H3. The Bertz CT molecular complexity index is 295. The molecule has 80 valence electrons. The van der Waals surface area contributed by atoms with Gasteiger partial charge in [-0.2, -0.15) is 5.10 Å². The van der Waals surface area contributed by atoms with E-state index in [0.29, 0.717) is 12.5 Å². The molecule has 0 saturated carbocycles. The van der Waals surface area contributed by atoms with Gasteiger partial charge in [0.25, 0.3) is 0 Å². The summed E-state index contributed by atoms with van der Waals surface area (Å²) in [5.41, 5.74) is 5.87. The topological polar surface area (TPSA) is 66.0 Å². The van der Waals surface area contributed by atoms with Gasteiger partial charge in [-0.3, -0.25) is 4.68 Å². The molecule has 1 unspecified atom stereocenters. The normalized spacial score (nSPS) is 13.6. The molecule has 5 nitrogen and oxygen atoms in total. The van der Waals surface area contributed by atoms with Gasteiger partial charge in [0.15, 0.2) is 5.82 Å². The molecule has 5 heteroatoms. The molecule has 14 heavy (non-hydrogen) atoms. The summed E-state index contributed by atoms with van der Waals surface area (Å²) in [6.45, 7) is 4.58. The predicted octanol–water partition coefficient (Wildman–Crippen LogP) is 0.585. The van der Waals surface area contributed by atoms with Gasteiger partial charge < -0.3 is 10.5 Å². The Balaban J connectivity index is 2.86. The molecule has 0 aliphatic carbocycles. The number of aromatic nitrogens is 3. The van der Waals surface area contributed by atoms with E-state index in [1.54, 1.807) is 11.8 Å². The second-order valence-electron chi connectivity index (χ2n) is 3.67. The van der Waals surface area contributed by atoms with Crippen LogP contribution in [0, 0.1) is 0 Å². The first-order valence-corrected chi connectivity index (χ1v) is 4.71. The largest absolute Gasteiger partial charge is 0.383 e. The zero-order chi connectivity index (χ0) is 10.7. The number of hydrogen-bond acceptors (Lipinski definition) is 4. The highest BCUT2D eigenvalue weighted by Crippen LogP contribution is 2.13. The molecular weight excluding hydrogens is 180 g/mol. The molecule has 0 aliphatic heterocycles. The third-order valence-electron chi connectivity index (χ3n) is 2.01. The molecule has 2 N–H and O–H groups in total. The molecule has 0 aromatic carbocycles. The number of rotatable bonds is 4. The lowest BCUT2D eigenvalue weighted by atomic mass is 10.2. The minimum Gasteiger partial charge on any atom is -0.383 e. The Hall–Kier alpha value is -0.940. The number of nitrogens with two attached hydrogens (primary N) is 1. The Morgan fingerprint density at radius 2 is 2.14 bits per heavy atom. The van der Waals surface area contributed by atoms with Crippen LogP contribution in [0.25, 0.3) is 0 Å². The summed E-state index contributed by atoms with van der Waals surface area (Å²) in [4.78, 5) is 4.37. The second kappa shape index (κ2) is 4.52. The lowest BCUT2D eigenvalue weighted by Crippen LogP contribution is -2.20. The van der Waals surface area contributed by atoms with E-state index >= 15 is 0 Å². The Labute approximate surface area is 84.3 Å². The van der Waals surface area contributed by atoms with E-state index in [2.05, 4.69) is 23.9 Å². The third-order valence-corrected chi connectivity index (χ3v) is 2.01. The van der Waals surface area contributed by atoms with Gasteiger partial charge in [0.05, 0.1) is 12.6 Å². The van der Waals surface area contributed by atoms with Crippen LogP contribution in [-0.4, -0.2) is 28.5 Å². The minimum atomic E-state index is -0.204. The van der Waals surface area contributed by atoms with Crippen molar-refractivity contribution in [3.8, 4) is 0 Å². The van der Waals surface area contributed by atoms with Crippen LogP contribution in [0.1, 0.15) is 37.5 Å². The van der Waals surface area contributed by atoms with Crippen molar-refractivity contribution >= 4 is 0 Å². The van der Waals surface area contributed by atoms with E-state index in [1.807, 2.05) is 7.05 Å². The molecule has 1 aromatic rings. The van der Waals surface area contributed by atoms with Crippen LogP contribution in [0.5, 0.6) is 0 Å². The van der Waals surface area contributed by atoms with Gasteiger partial charge >= 0.3 is 0 Å². The molecule has 1 atom stereocenters. The van der Waals surface area contributed by atoms with E-state index in [-0.39, 0.29) is 6.04 Å². The van der Waals surface area contributed by atoms with Gasteiger partial charge in [0.2, 0.25) is 0 Å². The first kappa shape index (κ1) is 11.1. The zero-order valence-electron chi connectivity index (χ0n) is 9.19. The van der Waals surface area contributed by atoms with Gasteiger partial charge in [-0.15, -0.1) is 0 Å². The zero-order valence-corrected chi connectivity index (χ0v) is 9.19. The first-order valence-electron chi connectivity index (χ1n) is 4.71. The van der Waals surface area contributed by atoms with Crippen LogP contribution >= 0.6 is 0 Å². The van der Waals surface area contributed by atoms with Crippen molar-refractivity contribution < 1.29 is 4.74 Å². The highest BCUT2D eigenvalue weighted by molar-refractivity contribution is 5.00. The van der Waals surface area contributed by atoms with Gasteiger partial charge in [0.1, 0.15) is 5.82 Å². The minimum absolute atomic E-state index is 0.204. The average molecular weight is 198 g/mol. The SMILES string of the molecule is COCC(N)c1nc(C(C)C)nn1C. The monoisotopic (exact) mass is 198 g/mol. The first-order chi connectivity index (χ1) is 6.56. The lowest BCUT2D eigenvalue weighted by molar-refractivity contribution is 0.177. The summed E-state index contributed by atoms with van der Waals surface area (Å²) >= 11 is 0. The maximum atomic E-state index is 5.87. The van der Waals surface area contributed by atoms with E-state index in [1.165, 1.54) is 0 Å². The lowest BCUT2D eigenvalue weighted by Gasteiger charge is -2.08. The number of nitrogens with zero attached hydrogens (tertiary/aromatic N) is 3. The van der Waals surface area contributed by atoms with Crippen LogP contribution in [0.3, 0.4) is 0 Å². The molecule has 1 heterocycles. The molecule has 0 amide bonds. The number of aryl methyl sites for hydroxylation is 1. The van der Waals surface area contributed by atoms with E-state index < -0.39 is 0 Å². The number of methoxy groups -OCH3 is 1. The van der Waals surface area contributed by atoms with Crippen LogP contribution in [-0.2, 0) is 11.8 Å². The summed E-state index contributed by atoms with van der Waals surface area (Å²) in [5, 5.41) is 4.28. The molecule has 0 saturated heterocycles. The summed E-state index contributed by atoms with van der Waals surface area (Å²) < 4.78 is 6.70. The fourth-order valence-electron chi connectivity index (χ4n) is 1.24. The van der Waals surface area contributed by atoms with Crippen LogP contribution in [0.15, 0.2) is 0 Å². The van der Waals surface area contributed by atoms with Gasteiger partial charge in [-0.05, 0) is 0 Å². The van der Waals surface area contributed by atoms with Crippen molar-refractivity contribution in [2.75, 3.05) is 13.7 Å². The molecule has 1 aromatic heterocycles. The summed E-state index contributed by atoms with van der Waals surface area (Å²) in [6.07, 6.45) is 0. The molecule has 0 fully saturated rings. The van der Waals surface area contributed by atoms with Crippen LogP contribution in [0.2, 0.25) is 0 Å². The summed E-state index contributed by atoms with van der Waals surface area (Å²) in [7, 11) is 3.48. The van der Waals surface area contributed by atoms with Crippen LogP contribution in [0.4, 0.5) is 0 Å². The molecule has 0 aliphatic rings. The Kier molecular flexibility index (Phi) is 3.60. The average Bonchev–Trinajstić information content (AvgIpc) is 2.48. The fourth-order valence-corrected chi connectivity index (χ4v) is 1.24. The fraction of sp³-hybridized carbons (Fsp3) is 0.778. The Morgan fingerprint density at radius 1 is 1.50 bits per heavy atom. The van der Waals surface area contributed by atoms with Crippen molar-refractivity contribution in [1.82, 2.24) is 14.8 Å². The molecular formula is C9H18N4O. The quantitative estimate of drug-likeness (QED) is 0.768. The summed E-state index contributed by atoms with van der Waals surface area (Å²) in [5.74, 6) is 1.93. The van der Waals surface area contributed by atoms with Gasteiger partial charge in [-0.25, -0.2) is 4.98 Å². The van der Waals surface area contributed by atoms with Crippen molar-refractivity contribution in [2.45, 2.75) is 25.8 Å². The van der Waals surface area contributed by atoms with Crippen molar-refractivity contribution in [1.29, 1.82) is 0 Å². The van der Waals surface area contributed by atoms with Crippen molar-refractivity contribution in [3.63, 3.8) is 0 Å². The molecule has 0 bridgehead atoms. The molecule has 0 radical (unpaired) electrons. The van der Waals surface area contributed by atoms with Gasteiger partial charge in [0, 0.05) is 20.1 Å². The Morgan fingerprint density at radius 3 is 2.57 bits per heavy atom. The third kappa shape index (κ3) is 2.30. The van der Waals surface area contributed by atoms with Gasteiger partial charge in [-0.1, -0.05) is 13.8 Å². The molecule has 1 rings (SSSR count). The maximum Gasteiger partial charge on any atom is 0.153 e. The second-order valence-corrected chi connectivity index (χ2v) is 3.67. The molecule has 0 spiro atoms. The highest BCUT2D eigenvalue weighted by Gasteiger charge is 2.15. The van der Waals surface area contributed by atoms with Crippen LogP contribution < -0.4 is 5.73 Å². The smallest absolute Gasteiger partial charge is 0.153 e. The van der Waals surface area contributed by atoms with E-state index in [9.17, 15) is 0 Å².